The minimum atomic E-state index is 0. The van der Waals surface area contributed by atoms with E-state index in [0.717, 1.165) is 29.3 Å². The van der Waals surface area contributed by atoms with Gasteiger partial charge in [0.1, 0.15) is 0 Å². The zero-order chi connectivity index (χ0) is 13.0. The fraction of sp³-hybridized carbons (Fsp3) is 0.500. The second-order valence-electron chi connectivity index (χ2n) is 4.80. The SMILES string of the molecule is Cc1ccc(NC(=O)CC2CSCCN2)c(C)c1.Cl. The van der Waals surface area contributed by atoms with Crippen molar-refractivity contribution in [3.05, 3.63) is 29.3 Å². The quantitative estimate of drug-likeness (QED) is 0.902. The Labute approximate surface area is 125 Å². The van der Waals surface area contributed by atoms with Gasteiger partial charge < -0.3 is 10.6 Å². The summed E-state index contributed by atoms with van der Waals surface area (Å²) in [4.78, 5) is 12.0. The van der Waals surface area contributed by atoms with Crippen molar-refractivity contribution in [1.29, 1.82) is 0 Å². The molecule has 1 atom stereocenters. The summed E-state index contributed by atoms with van der Waals surface area (Å²) in [5.74, 6) is 2.28. The largest absolute Gasteiger partial charge is 0.326 e. The zero-order valence-corrected chi connectivity index (χ0v) is 13.0. The number of thioether (sulfide) groups is 1. The van der Waals surface area contributed by atoms with E-state index in [1.54, 1.807) is 0 Å². The van der Waals surface area contributed by atoms with Crippen molar-refractivity contribution in [2.24, 2.45) is 0 Å². The molecule has 19 heavy (non-hydrogen) atoms. The number of halogens is 1. The van der Waals surface area contributed by atoms with Gasteiger partial charge in [-0.3, -0.25) is 4.79 Å². The molecule has 0 spiro atoms. The third kappa shape index (κ3) is 5.05. The summed E-state index contributed by atoms with van der Waals surface area (Å²) in [6, 6.07) is 6.40. The first-order chi connectivity index (χ1) is 8.65. The van der Waals surface area contributed by atoms with Crippen molar-refractivity contribution < 1.29 is 4.79 Å². The fourth-order valence-electron chi connectivity index (χ4n) is 2.13. The van der Waals surface area contributed by atoms with Gasteiger partial charge in [-0.15, -0.1) is 12.4 Å². The predicted molar refractivity (Wildman–Crippen MR) is 85.5 cm³/mol. The Bertz CT molecular complexity index is 433. The lowest BCUT2D eigenvalue weighted by molar-refractivity contribution is -0.116. The van der Waals surface area contributed by atoms with Crippen LogP contribution in [0.25, 0.3) is 0 Å². The summed E-state index contributed by atoms with van der Waals surface area (Å²) in [6.45, 7) is 5.09. The van der Waals surface area contributed by atoms with Crippen LogP contribution in [0.4, 0.5) is 5.69 Å². The molecule has 5 heteroatoms. The average molecular weight is 301 g/mol. The Balaban J connectivity index is 0.00000180. The van der Waals surface area contributed by atoms with Gasteiger partial charge in [0.2, 0.25) is 5.91 Å². The number of carbonyl (C=O) groups is 1. The Morgan fingerprint density at radius 2 is 2.26 bits per heavy atom. The van der Waals surface area contributed by atoms with Crippen molar-refractivity contribution >= 4 is 35.8 Å². The molecule has 1 heterocycles. The third-order valence-corrected chi connectivity index (χ3v) is 4.22. The second kappa shape index (κ2) is 7.78. The molecule has 1 aliphatic rings. The van der Waals surface area contributed by atoms with E-state index < -0.39 is 0 Å². The van der Waals surface area contributed by atoms with Crippen LogP contribution in [0.5, 0.6) is 0 Å². The molecule has 0 radical (unpaired) electrons. The van der Waals surface area contributed by atoms with Crippen LogP contribution in [0.3, 0.4) is 0 Å². The first-order valence-corrected chi connectivity index (χ1v) is 7.49. The van der Waals surface area contributed by atoms with E-state index in [-0.39, 0.29) is 18.3 Å². The van der Waals surface area contributed by atoms with Crippen LogP contribution in [-0.2, 0) is 4.79 Å². The van der Waals surface area contributed by atoms with E-state index >= 15 is 0 Å². The molecule has 1 saturated heterocycles. The van der Waals surface area contributed by atoms with Crippen LogP contribution in [0, 0.1) is 13.8 Å². The van der Waals surface area contributed by atoms with Crippen LogP contribution in [-0.4, -0.2) is 30.0 Å². The van der Waals surface area contributed by atoms with E-state index in [0.29, 0.717) is 12.5 Å². The number of hydrogen-bond acceptors (Lipinski definition) is 3. The molecular weight excluding hydrogens is 280 g/mol. The standard InChI is InChI=1S/C14H20N2OS.ClH/c1-10-3-4-13(11(2)7-10)16-14(17)8-12-9-18-6-5-15-12;/h3-4,7,12,15H,5-6,8-9H2,1-2H3,(H,16,17);1H. The topological polar surface area (TPSA) is 41.1 Å². The van der Waals surface area contributed by atoms with Gasteiger partial charge in [0.25, 0.3) is 0 Å². The summed E-state index contributed by atoms with van der Waals surface area (Å²) in [6.07, 6.45) is 0.556. The Morgan fingerprint density at radius 1 is 1.47 bits per heavy atom. The maximum atomic E-state index is 12.0. The van der Waals surface area contributed by atoms with Crippen molar-refractivity contribution in [2.45, 2.75) is 26.3 Å². The van der Waals surface area contributed by atoms with Crippen LogP contribution < -0.4 is 10.6 Å². The third-order valence-electron chi connectivity index (χ3n) is 3.09. The lowest BCUT2D eigenvalue weighted by Crippen LogP contribution is -2.39. The number of rotatable bonds is 3. The minimum Gasteiger partial charge on any atom is -0.326 e. The van der Waals surface area contributed by atoms with Gasteiger partial charge in [-0.25, -0.2) is 0 Å². The van der Waals surface area contributed by atoms with Gasteiger partial charge in [0.05, 0.1) is 0 Å². The van der Waals surface area contributed by atoms with E-state index in [2.05, 4.69) is 23.6 Å². The van der Waals surface area contributed by atoms with Crippen LogP contribution in [0.2, 0.25) is 0 Å². The van der Waals surface area contributed by atoms with Gasteiger partial charge in [-0.05, 0) is 25.5 Å². The summed E-state index contributed by atoms with van der Waals surface area (Å²) in [7, 11) is 0. The maximum Gasteiger partial charge on any atom is 0.225 e. The minimum absolute atomic E-state index is 0. The Morgan fingerprint density at radius 3 is 2.89 bits per heavy atom. The Kier molecular flexibility index (Phi) is 6.69. The Hall–Kier alpha value is -0.710. The molecule has 1 amide bonds. The normalized spacial score (nSPS) is 18.5. The predicted octanol–water partition coefficient (Wildman–Crippen LogP) is 2.76. The first-order valence-electron chi connectivity index (χ1n) is 6.33. The highest BCUT2D eigenvalue weighted by Gasteiger charge is 2.16. The van der Waals surface area contributed by atoms with Crippen molar-refractivity contribution in [1.82, 2.24) is 5.32 Å². The molecule has 0 bridgehead atoms. The number of anilines is 1. The molecule has 106 valence electrons. The van der Waals surface area contributed by atoms with Crippen molar-refractivity contribution in [3.63, 3.8) is 0 Å². The molecule has 1 unspecified atom stereocenters. The molecule has 0 aliphatic carbocycles. The van der Waals surface area contributed by atoms with Gasteiger partial charge in [-0.1, -0.05) is 17.7 Å². The summed E-state index contributed by atoms with van der Waals surface area (Å²) in [5, 5.41) is 6.37. The van der Waals surface area contributed by atoms with Gasteiger partial charge in [0.15, 0.2) is 0 Å². The molecule has 1 aromatic rings. The zero-order valence-electron chi connectivity index (χ0n) is 11.4. The van der Waals surface area contributed by atoms with E-state index in [1.807, 2.05) is 30.8 Å². The highest BCUT2D eigenvalue weighted by atomic mass is 35.5. The first kappa shape index (κ1) is 16.3. The molecule has 2 N–H and O–H groups in total. The van der Waals surface area contributed by atoms with E-state index in [1.165, 1.54) is 5.56 Å². The number of nitrogens with one attached hydrogen (secondary N) is 2. The summed E-state index contributed by atoms with van der Waals surface area (Å²) in [5.41, 5.74) is 3.26. The van der Waals surface area contributed by atoms with Gasteiger partial charge in [-0.2, -0.15) is 11.8 Å². The highest BCUT2D eigenvalue weighted by Crippen LogP contribution is 2.17. The van der Waals surface area contributed by atoms with Crippen LogP contribution in [0.1, 0.15) is 17.5 Å². The van der Waals surface area contributed by atoms with Crippen molar-refractivity contribution in [3.8, 4) is 0 Å². The van der Waals surface area contributed by atoms with Gasteiger partial charge in [0, 0.05) is 36.2 Å². The molecule has 1 aromatic carbocycles. The molecule has 0 aromatic heterocycles. The second-order valence-corrected chi connectivity index (χ2v) is 5.95. The highest BCUT2D eigenvalue weighted by molar-refractivity contribution is 7.99. The average Bonchev–Trinajstić information content (AvgIpc) is 2.34. The molecule has 1 fully saturated rings. The summed E-state index contributed by atoms with van der Waals surface area (Å²) < 4.78 is 0. The molecule has 0 saturated carbocycles. The van der Waals surface area contributed by atoms with Crippen LogP contribution in [0.15, 0.2) is 18.2 Å². The molecular formula is C14H21ClN2OS. The van der Waals surface area contributed by atoms with Crippen LogP contribution >= 0.6 is 24.2 Å². The molecule has 3 nitrogen and oxygen atoms in total. The smallest absolute Gasteiger partial charge is 0.225 e. The number of amides is 1. The molecule has 1 aliphatic heterocycles. The monoisotopic (exact) mass is 300 g/mol. The molecule has 2 rings (SSSR count). The van der Waals surface area contributed by atoms with E-state index in [4.69, 9.17) is 0 Å². The lowest BCUT2D eigenvalue weighted by atomic mass is 10.1. The lowest BCUT2D eigenvalue weighted by Gasteiger charge is -2.22. The fourth-order valence-corrected chi connectivity index (χ4v) is 3.08. The van der Waals surface area contributed by atoms with Gasteiger partial charge >= 0.3 is 0 Å². The van der Waals surface area contributed by atoms with Crippen molar-refractivity contribution in [2.75, 3.05) is 23.4 Å². The maximum absolute atomic E-state index is 12.0. The summed E-state index contributed by atoms with van der Waals surface area (Å²) >= 11 is 1.91. The number of hydrogen-bond donors (Lipinski definition) is 2. The van der Waals surface area contributed by atoms with E-state index in [9.17, 15) is 4.79 Å². The number of carbonyl (C=O) groups excluding carboxylic acids is 1. The number of benzene rings is 1. The number of aryl methyl sites for hydroxylation is 2.